The van der Waals surface area contributed by atoms with E-state index >= 15 is 0 Å². The first kappa shape index (κ1) is 22.1. The maximum absolute atomic E-state index is 12.4. The van der Waals surface area contributed by atoms with Gasteiger partial charge in [0.15, 0.2) is 0 Å². The number of para-hydroxylation sites is 1. The maximum Gasteiger partial charge on any atom is 0.522 e. The van der Waals surface area contributed by atoms with E-state index in [1.165, 1.54) is 7.11 Å². The summed E-state index contributed by atoms with van der Waals surface area (Å²) < 4.78 is 48.4. The Hall–Kier alpha value is -2.06. The van der Waals surface area contributed by atoms with Crippen LogP contribution in [0.3, 0.4) is 0 Å². The number of hydrogen-bond donors (Lipinski definition) is 0. The van der Waals surface area contributed by atoms with Crippen LogP contribution in [0.5, 0.6) is 0 Å². The topological polar surface area (TPSA) is 43.7 Å². The summed E-state index contributed by atoms with van der Waals surface area (Å²) in [6.45, 7) is 4.88. The first-order chi connectivity index (χ1) is 14.7. The second-order valence-electron chi connectivity index (χ2n) is 8.79. The molecular formula is C23H29F3N2O3. The molecule has 1 saturated heterocycles. The molecule has 0 bridgehead atoms. The van der Waals surface area contributed by atoms with Gasteiger partial charge in [-0.15, -0.1) is 13.2 Å². The van der Waals surface area contributed by atoms with Crippen LogP contribution in [0.2, 0.25) is 0 Å². The second kappa shape index (κ2) is 8.47. The molecule has 4 rings (SSSR count). The Morgan fingerprint density at radius 1 is 1.13 bits per heavy atom. The highest BCUT2D eigenvalue weighted by Gasteiger charge is 2.42. The van der Waals surface area contributed by atoms with Gasteiger partial charge in [-0.1, -0.05) is 18.2 Å². The van der Waals surface area contributed by atoms with Crippen LogP contribution >= 0.6 is 0 Å². The first-order valence-corrected chi connectivity index (χ1v) is 10.9. The largest absolute Gasteiger partial charge is 0.522 e. The summed E-state index contributed by atoms with van der Waals surface area (Å²) in [7, 11) is 1.40. The summed E-state index contributed by atoms with van der Waals surface area (Å²) in [6, 6.07) is 8.44. The van der Waals surface area contributed by atoms with Crippen molar-refractivity contribution in [3.05, 3.63) is 35.5 Å². The smallest absolute Gasteiger partial charge is 0.465 e. The van der Waals surface area contributed by atoms with E-state index in [9.17, 15) is 18.0 Å². The number of alkyl halides is 3. The van der Waals surface area contributed by atoms with Crippen LogP contribution < -0.4 is 0 Å². The number of halogens is 3. The Bertz CT molecular complexity index is 941. The zero-order valence-corrected chi connectivity index (χ0v) is 18.1. The fourth-order valence-electron chi connectivity index (χ4n) is 5.47. The van der Waals surface area contributed by atoms with Crippen molar-refractivity contribution in [2.75, 3.05) is 20.2 Å². The molecule has 1 aromatic heterocycles. The first-order valence-electron chi connectivity index (χ1n) is 10.9. The van der Waals surface area contributed by atoms with Crippen molar-refractivity contribution in [1.29, 1.82) is 0 Å². The van der Waals surface area contributed by atoms with Gasteiger partial charge in [-0.25, -0.2) is 4.79 Å². The lowest BCUT2D eigenvalue weighted by atomic mass is 9.80. The Kier molecular flexibility index (Phi) is 6.05. The van der Waals surface area contributed by atoms with Crippen molar-refractivity contribution in [1.82, 2.24) is 9.47 Å². The number of likely N-dealkylation sites (tertiary alicyclic amines) is 1. The molecule has 1 aliphatic carbocycles. The highest BCUT2D eigenvalue weighted by molar-refractivity contribution is 6.05. The number of nitrogens with zero attached hydrogens (tertiary/aromatic N) is 2. The van der Waals surface area contributed by atoms with Gasteiger partial charge in [-0.05, 0) is 51.5 Å². The summed E-state index contributed by atoms with van der Waals surface area (Å²) in [5.74, 6) is 0.122. The van der Waals surface area contributed by atoms with Gasteiger partial charge in [-0.2, -0.15) is 0 Å². The third kappa shape index (κ3) is 4.32. The van der Waals surface area contributed by atoms with Crippen LogP contribution in [-0.2, 0) is 9.47 Å². The summed E-state index contributed by atoms with van der Waals surface area (Å²) >= 11 is 0. The summed E-state index contributed by atoms with van der Waals surface area (Å²) in [5, 5.41) is 0.906. The molecular weight excluding hydrogens is 409 g/mol. The highest BCUT2D eigenvalue weighted by atomic mass is 19.4. The molecule has 8 heteroatoms. The van der Waals surface area contributed by atoms with Crippen LogP contribution in [0.4, 0.5) is 13.2 Å². The van der Waals surface area contributed by atoms with Crippen molar-refractivity contribution >= 4 is 16.9 Å². The molecule has 2 heterocycles. The number of fused-ring (bicyclic) bond motifs is 1. The fraction of sp³-hybridized carbons (Fsp3) is 0.609. The SMILES string of the molecule is COC(=O)c1c(C)n([C@H](C)C2CCC(N3CC(OC(F)(F)F)C3)CC2)c2ccccc12. The number of carbonyl (C=O) groups is 1. The Morgan fingerprint density at radius 3 is 2.39 bits per heavy atom. The predicted octanol–water partition coefficient (Wildman–Crippen LogP) is 5.08. The van der Waals surface area contributed by atoms with Crippen molar-refractivity contribution in [2.45, 2.75) is 64.1 Å². The fourth-order valence-corrected chi connectivity index (χ4v) is 5.47. The molecule has 1 saturated carbocycles. The van der Waals surface area contributed by atoms with Gasteiger partial charge in [0.2, 0.25) is 0 Å². The lowest BCUT2D eigenvalue weighted by Gasteiger charge is -2.46. The number of carbonyl (C=O) groups excluding carboxylic acids is 1. The van der Waals surface area contributed by atoms with Crippen LogP contribution in [0.25, 0.3) is 10.9 Å². The normalized spacial score (nSPS) is 24.2. The van der Waals surface area contributed by atoms with Gasteiger partial charge < -0.3 is 9.30 Å². The van der Waals surface area contributed by atoms with Crippen LogP contribution in [0.15, 0.2) is 24.3 Å². The van der Waals surface area contributed by atoms with Gasteiger partial charge in [-0.3, -0.25) is 9.64 Å². The molecule has 5 nitrogen and oxygen atoms in total. The third-order valence-electron chi connectivity index (χ3n) is 7.07. The summed E-state index contributed by atoms with van der Waals surface area (Å²) in [4.78, 5) is 14.5. The van der Waals surface area contributed by atoms with Gasteiger partial charge >= 0.3 is 12.3 Å². The van der Waals surface area contributed by atoms with Gasteiger partial charge in [0.05, 0.1) is 18.8 Å². The van der Waals surface area contributed by atoms with Crippen molar-refractivity contribution in [3.63, 3.8) is 0 Å². The minimum absolute atomic E-state index is 0.210. The summed E-state index contributed by atoms with van der Waals surface area (Å²) in [5.41, 5.74) is 2.57. The number of rotatable bonds is 5. The molecule has 2 aliphatic rings. The number of aromatic nitrogens is 1. The van der Waals surface area contributed by atoms with Crippen LogP contribution in [0.1, 0.15) is 54.7 Å². The van der Waals surface area contributed by atoms with Gasteiger partial charge in [0, 0.05) is 41.8 Å². The predicted molar refractivity (Wildman–Crippen MR) is 111 cm³/mol. The second-order valence-corrected chi connectivity index (χ2v) is 8.79. The average Bonchev–Trinajstić information content (AvgIpc) is 3.00. The van der Waals surface area contributed by atoms with Gasteiger partial charge in [0.25, 0.3) is 0 Å². The van der Waals surface area contributed by atoms with Crippen LogP contribution in [0, 0.1) is 12.8 Å². The maximum atomic E-state index is 12.4. The molecule has 2 fully saturated rings. The number of benzene rings is 1. The van der Waals surface area contributed by atoms with Gasteiger partial charge in [0.1, 0.15) is 0 Å². The zero-order valence-electron chi connectivity index (χ0n) is 18.1. The van der Waals surface area contributed by atoms with E-state index in [0.29, 0.717) is 30.6 Å². The van der Waals surface area contributed by atoms with Crippen molar-refractivity contribution < 1.29 is 27.4 Å². The van der Waals surface area contributed by atoms with E-state index in [1.807, 2.05) is 31.2 Å². The molecule has 1 aliphatic heterocycles. The zero-order chi connectivity index (χ0) is 22.3. The molecule has 0 amide bonds. The van der Waals surface area contributed by atoms with Crippen LogP contribution in [-0.4, -0.2) is 54.1 Å². The minimum atomic E-state index is -4.55. The molecule has 0 N–H and O–H groups in total. The van der Waals surface area contributed by atoms with E-state index in [4.69, 9.17) is 4.74 Å². The monoisotopic (exact) mass is 438 g/mol. The number of ether oxygens (including phenoxy) is 2. The standard InChI is InChI=1S/C23H29F3N2O3/c1-14(28-15(2)21(22(29)30-3)19-6-4-5-7-20(19)28)16-8-10-17(11-9-16)27-12-18(13-27)31-23(24,25)26/h4-7,14,16-18H,8-13H2,1-3H3/t14-,16?,17?/m1/s1. The molecule has 1 atom stereocenters. The Morgan fingerprint density at radius 2 is 1.77 bits per heavy atom. The molecule has 1 aromatic carbocycles. The third-order valence-corrected chi connectivity index (χ3v) is 7.07. The quantitative estimate of drug-likeness (QED) is 0.611. The van der Waals surface area contributed by atoms with E-state index < -0.39 is 12.5 Å². The molecule has 0 spiro atoms. The molecule has 170 valence electrons. The molecule has 2 aromatic rings. The molecule has 0 unspecified atom stereocenters. The lowest BCUT2D eigenvalue weighted by molar-refractivity contribution is -0.356. The molecule has 31 heavy (non-hydrogen) atoms. The van der Waals surface area contributed by atoms with E-state index in [2.05, 4.69) is 21.1 Å². The Balaban J connectivity index is 1.43. The van der Waals surface area contributed by atoms with Crippen molar-refractivity contribution in [2.24, 2.45) is 5.92 Å². The Labute approximate surface area is 180 Å². The lowest BCUT2D eigenvalue weighted by Crippen LogP contribution is -2.58. The van der Waals surface area contributed by atoms with Crippen molar-refractivity contribution in [3.8, 4) is 0 Å². The molecule has 0 radical (unpaired) electrons. The summed E-state index contributed by atoms with van der Waals surface area (Å²) in [6.07, 6.45) is -1.34. The average molecular weight is 438 g/mol. The number of hydrogen-bond acceptors (Lipinski definition) is 4. The highest BCUT2D eigenvalue weighted by Crippen LogP contribution is 2.40. The van der Waals surface area contributed by atoms with E-state index in [-0.39, 0.29) is 12.0 Å². The van der Waals surface area contributed by atoms with E-state index in [1.54, 1.807) is 0 Å². The number of methoxy groups -OCH3 is 1. The van der Waals surface area contributed by atoms with E-state index in [0.717, 1.165) is 42.3 Å². The minimum Gasteiger partial charge on any atom is -0.465 e. The number of esters is 1.